The number of nitrogens with one attached hydrogen (secondary N) is 1. The lowest BCUT2D eigenvalue weighted by atomic mass is 9.86. The number of hydrogen-bond acceptors (Lipinski definition) is 4. The summed E-state index contributed by atoms with van der Waals surface area (Å²) in [7, 11) is 0. The van der Waals surface area contributed by atoms with Crippen LogP contribution in [0.5, 0.6) is 0 Å². The third kappa shape index (κ3) is 2.66. The minimum atomic E-state index is -0.0388. The van der Waals surface area contributed by atoms with Crippen molar-refractivity contribution in [3.05, 3.63) is 30.5 Å². The molecule has 0 saturated carbocycles. The highest BCUT2D eigenvalue weighted by Crippen LogP contribution is 2.34. The van der Waals surface area contributed by atoms with Crippen LogP contribution in [0.2, 0.25) is 0 Å². The summed E-state index contributed by atoms with van der Waals surface area (Å²) in [5.41, 5.74) is 2.82. The van der Waals surface area contributed by atoms with Gasteiger partial charge >= 0.3 is 6.03 Å². The summed E-state index contributed by atoms with van der Waals surface area (Å²) in [6.07, 6.45) is 8.40. The SMILES string of the molecule is C[C@@H]1CCN(C(=O)N2CCC[C@@H]2CO)C[C@@H]1c1ncc2cnc3[nH]ccc3n12. The molecule has 2 amide bonds. The maximum absolute atomic E-state index is 13.1. The number of aliphatic hydroxyl groups excluding tert-OH is 1. The molecule has 148 valence electrons. The van der Waals surface area contributed by atoms with Crippen molar-refractivity contribution in [2.75, 3.05) is 26.2 Å². The van der Waals surface area contributed by atoms with E-state index in [0.29, 0.717) is 12.5 Å². The number of aromatic nitrogens is 4. The van der Waals surface area contributed by atoms with Gasteiger partial charge in [0.25, 0.3) is 0 Å². The van der Waals surface area contributed by atoms with Crippen LogP contribution in [0.1, 0.15) is 37.9 Å². The Labute approximate surface area is 163 Å². The fraction of sp³-hybridized carbons (Fsp3) is 0.550. The molecular weight excluding hydrogens is 356 g/mol. The van der Waals surface area contributed by atoms with Crippen molar-refractivity contribution >= 4 is 22.7 Å². The number of fused-ring (bicyclic) bond motifs is 3. The molecule has 3 atom stereocenters. The Hall–Kier alpha value is -2.61. The molecule has 2 aliphatic rings. The molecule has 5 rings (SSSR count). The molecule has 0 unspecified atom stereocenters. The number of carbonyl (C=O) groups excluding carboxylic acids is 1. The predicted molar refractivity (Wildman–Crippen MR) is 105 cm³/mol. The first-order chi connectivity index (χ1) is 13.7. The third-order valence-electron chi connectivity index (χ3n) is 6.48. The van der Waals surface area contributed by atoms with E-state index in [1.165, 1.54) is 0 Å². The van der Waals surface area contributed by atoms with Gasteiger partial charge < -0.3 is 19.9 Å². The van der Waals surface area contributed by atoms with Crippen LogP contribution in [0.4, 0.5) is 4.79 Å². The molecule has 0 bridgehead atoms. The Morgan fingerprint density at radius 1 is 1.29 bits per heavy atom. The van der Waals surface area contributed by atoms with Gasteiger partial charge in [-0.05, 0) is 31.2 Å². The Morgan fingerprint density at radius 2 is 2.14 bits per heavy atom. The van der Waals surface area contributed by atoms with E-state index >= 15 is 0 Å². The average molecular weight is 382 g/mol. The van der Waals surface area contributed by atoms with Gasteiger partial charge in [0.15, 0.2) is 5.65 Å². The summed E-state index contributed by atoms with van der Waals surface area (Å²) in [5.74, 6) is 1.59. The fourth-order valence-corrected chi connectivity index (χ4v) is 4.80. The molecule has 28 heavy (non-hydrogen) atoms. The molecule has 8 nitrogen and oxygen atoms in total. The smallest absolute Gasteiger partial charge is 0.320 e. The standard InChI is InChI=1S/C20H26N6O2/c1-13-5-8-24(20(28)25-7-2-3-14(25)12-27)11-16(13)19-23-10-15-9-22-18-17(26(15)19)4-6-21-18/h4,6,9-10,13-14,16,21,27H,2-3,5,7-8,11-12H2,1H3/t13-,14-,16+/m1/s1. The number of piperidine rings is 1. The Kier molecular flexibility index (Phi) is 4.23. The van der Waals surface area contributed by atoms with Gasteiger partial charge in [0.05, 0.1) is 36.1 Å². The van der Waals surface area contributed by atoms with Crippen molar-refractivity contribution < 1.29 is 9.90 Å². The van der Waals surface area contributed by atoms with E-state index in [4.69, 9.17) is 4.98 Å². The zero-order valence-corrected chi connectivity index (χ0v) is 16.1. The van der Waals surface area contributed by atoms with Gasteiger partial charge in [-0.25, -0.2) is 14.8 Å². The van der Waals surface area contributed by atoms with Crippen LogP contribution >= 0.6 is 0 Å². The summed E-state index contributed by atoms with van der Waals surface area (Å²) in [4.78, 5) is 29.3. The van der Waals surface area contributed by atoms with E-state index in [2.05, 4.69) is 21.3 Å². The fourth-order valence-electron chi connectivity index (χ4n) is 4.80. The largest absolute Gasteiger partial charge is 0.394 e. The van der Waals surface area contributed by atoms with E-state index in [1.807, 2.05) is 34.5 Å². The molecule has 2 N–H and O–H groups in total. The summed E-state index contributed by atoms with van der Waals surface area (Å²) in [5, 5.41) is 9.59. The normalized spacial score (nSPS) is 25.9. The number of aliphatic hydroxyl groups is 1. The molecule has 3 aromatic rings. The third-order valence-corrected chi connectivity index (χ3v) is 6.48. The number of likely N-dealkylation sites (tertiary alicyclic amines) is 2. The second kappa shape index (κ2) is 6.77. The van der Waals surface area contributed by atoms with Crippen LogP contribution < -0.4 is 0 Å². The van der Waals surface area contributed by atoms with Gasteiger partial charge in [-0.2, -0.15) is 0 Å². The number of H-pyrrole nitrogens is 1. The zero-order valence-electron chi connectivity index (χ0n) is 16.1. The number of amides is 2. The quantitative estimate of drug-likeness (QED) is 0.711. The van der Waals surface area contributed by atoms with Crippen molar-refractivity contribution in [2.45, 2.75) is 38.1 Å². The van der Waals surface area contributed by atoms with Crippen molar-refractivity contribution in [1.29, 1.82) is 0 Å². The summed E-state index contributed by atoms with van der Waals surface area (Å²) < 4.78 is 2.17. The highest BCUT2D eigenvalue weighted by Gasteiger charge is 2.37. The minimum absolute atomic E-state index is 0.0388. The summed E-state index contributed by atoms with van der Waals surface area (Å²) >= 11 is 0. The first-order valence-corrected chi connectivity index (χ1v) is 10.1. The van der Waals surface area contributed by atoms with Crippen LogP contribution in [0.15, 0.2) is 24.7 Å². The lowest BCUT2D eigenvalue weighted by molar-refractivity contribution is 0.106. The lowest BCUT2D eigenvalue weighted by Gasteiger charge is -2.39. The molecule has 0 spiro atoms. The number of aromatic amines is 1. The van der Waals surface area contributed by atoms with E-state index in [-0.39, 0.29) is 24.6 Å². The number of urea groups is 1. The number of carbonyl (C=O) groups is 1. The van der Waals surface area contributed by atoms with Crippen molar-refractivity contribution in [3.8, 4) is 0 Å². The highest BCUT2D eigenvalue weighted by atomic mass is 16.3. The second-order valence-electron chi connectivity index (χ2n) is 8.12. The van der Waals surface area contributed by atoms with Crippen molar-refractivity contribution in [1.82, 2.24) is 29.2 Å². The van der Waals surface area contributed by atoms with Crippen LogP contribution in [0.25, 0.3) is 16.7 Å². The van der Waals surface area contributed by atoms with Crippen LogP contribution in [0, 0.1) is 5.92 Å². The summed E-state index contributed by atoms with van der Waals surface area (Å²) in [6.45, 7) is 4.44. The molecule has 2 fully saturated rings. The van der Waals surface area contributed by atoms with Crippen LogP contribution in [-0.4, -0.2) is 72.6 Å². The van der Waals surface area contributed by atoms with Gasteiger partial charge in [0.1, 0.15) is 5.82 Å². The number of hydrogen-bond donors (Lipinski definition) is 2. The molecule has 0 radical (unpaired) electrons. The van der Waals surface area contributed by atoms with Crippen LogP contribution in [0.3, 0.4) is 0 Å². The topological polar surface area (TPSA) is 89.8 Å². The monoisotopic (exact) mass is 382 g/mol. The minimum Gasteiger partial charge on any atom is -0.394 e. The molecule has 2 saturated heterocycles. The number of nitrogens with zero attached hydrogens (tertiary/aromatic N) is 5. The molecule has 3 aromatic heterocycles. The van der Waals surface area contributed by atoms with E-state index in [0.717, 1.165) is 54.9 Å². The van der Waals surface area contributed by atoms with Gasteiger partial charge in [-0.15, -0.1) is 0 Å². The van der Waals surface area contributed by atoms with Gasteiger partial charge in [0.2, 0.25) is 0 Å². The highest BCUT2D eigenvalue weighted by molar-refractivity contribution is 5.76. The maximum Gasteiger partial charge on any atom is 0.320 e. The first-order valence-electron chi connectivity index (χ1n) is 10.1. The second-order valence-corrected chi connectivity index (χ2v) is 8.12. The Bertz CT molecular complexity index is 1010. The van der Waals surface area contributed by atoms with E-state index < -0.39 is 0 Å². The zero-order chi connectivity index (χ0) is 19.3. The molecule has 0 aromatic carbocycles. The molecule has 2 aliphatic heterocycles. The lowest BCUT2D eigenvalue weighted by Crippen LogP contribution is -2.51. The average Bonchev–Trinajstić information content (AvgIpc) is 3.45. The maximum atomic E-state index is 13.1. The summed E-state index contributed by atoms with van der Waals surface area (Å²) in [6, 6.07) is 2.04. The van der Waals surface area contributed by atoms with Gasteiger partial charge in [0, 0.05) is 31.7 Å². The van der Waals surface area contributed by atoms with Crippen molar-refractivity contribution in [3.63, 3.8) is 0 Å². The predicted octanol–water partition coefficient (Wildman–Crippen LogP) is 2.21. The first kappa shape index (κ1) is 17.5. The van der Waals surface area contributed by atoms with Gasteiger partial charge in [-0.1, -0.05) is 6.92 Å². The molecule has 5 heterocycles. The van der Waals surface area contributed by atoms with Gasteiger partial charge in [-0.3, -0.25) is 4.40 Å². The Morgan fingerprint density at radius 3 is 3.00 bits per heavy atom. The van der Waals surface area contributed by atoms with E-state index in [1.54, 1.807) is 0 Å². The van der Waals surface area contributed by atoms with Crippen molar-refractivity contribution in [2.24, 2.45) is 5.92 Å². The number of rotatable bonds is 2. The molecule has 0 aliphatic carbocycles. The molecular formula is C20H26N6O2. The number of imidazole rings is 1. The van der Waals surface area contributed by atoms with Crippen LogP contribution in [-0.2, 0) is 0 Å². The Balaban J connectivity index is 1.47. The van der Waals surface area contributed by atoms with E-state index in [9.17, 15) is 9.90 Å². The molecule has 8 heteroatoms.